The summed E-state index contributed by atoms with van der Waals surface area (Å²) >= 11 is 7.07. The van der Waals surface area contributed by atoms with E-state index in [-0.39, 0.29) is 5.92 Å². The Balaban J connectivity index is 2.46. The number of rotatable bonds is 4. The second kappa shape index (κ2) is 5.22. The molecule has 5 heteroatoms. The number of hydrogen-bond acceptors (Lipinski definition) is 3. The van der Waals surface area contributed by atoms with Crippen LogP contribution in [-0.2, 0) is 4.79 Å². The summed E-state index contributed by atoms with van der Waals surface area (Å²) in [6.45, 7) is 1.67. The predicted octanol–water partition coefficient (Wildman–Crippen LogP) is 2.55. The van der Waals surface area contributed by atoms with Gasteiger partial charge in [0.05, 0.1) is 16.0 Å². The monoisotopic (exact) mass is 231 g/mol. The van der Waals surface area contributed by atoms with Gasteiger partial charge in [0.25, 0.3) is 0 Å². The maximum Gasteiger partial charge on any atom is 0.307 e. The van der Waals surface area contributed by atoms with Crippen LogP contribution >= 0.6 is 23.4 Å². The van der Waals surface area contributed by atoms with Crippen molar-refractivity contribution < 1.29 is 9.90 Å². The third kappa shape index (κ3) is 3.55. The highest BCUT2D eigenvalue weighted by Gasteiger charge is 2.11. The van der Waals surface area contributed by atoms with Crippen LogP contribution in [-0.4, -0.2) is 21.8 Å². The summed E-state index contributed by atoms with van der Waals surface area (Å²) in [4.78, 5) is 14.6. The Morgan fingerprint density at radius 3 is 2.93 bits per heavy atom. The molecular formula is C9H10ClNO2S. The average molecular weight is 232 g/mol. The van der Waals surface area contributed by atoms with Crippen LogP contribution in [0.1, 0.15) is 6.92 Å². The molecule has 0 fully saturated rings. The molecule has 76 valence electrons. The fourth-order valence-corrected chi connectivity index (χ4v) is 1.70. The second-order valence-corrected chi connectivity index (χ2v) is 4.34. The molecule has 0 saturated carbocycles. The number of aliphatic carboxylic acids is 1. The standard InChI is InChI=1S/C9H10ClNO2S/c1-6(9(12)13)5-14-8-3-2-7(10)4-11-8/h2-4,6H,5H2,1H3,(H,12,13). The molecule has 14 heavy (non-hydrogen) atoms. The third-order valence-corrected chi connectivity index (χ3v) is 3.03. The summed E-state index contributed by atoms with van der Waals surface area (Å²) in [5, 5.41) is 10.0. The molecule has 0 aromatic carbocycles. The smallest absolute Gasteiger partial charge is 0.307 e. The second-order valence-electron chi connectivity index (χ2n) is 2.86. The van der Waals surface area contributed by atoms with E-state index in [0.29, 0.717) is 10.8 Å². The van der Waals surface area contributed by atoms with Gasteiger partial charge < -0.3 is 5.11 Å². The molecule has 3 nitrogen and oxygen atoms in total. The van der Waals surface area contributed by atoms with E-state index in [4.69, 9.17) is 16.7 Å². The van der Waals surface area contributed by atoms with Gasteiger partial charge in [-0.15, -0.1) is 11.8 Å². The van der Waals surface area contributed by atoms with Gasteiger partial charge in [0.15, 0.2) is 0 Å². The quantitative estimate of drug-likeness (QED) is 0.810. The highest BCUT2D eigenvalue weighted by molar-refractivity contribution is 7.99. The van der Waals surface area contributed by atoms with E-state index >= 15 is 0 Å². The van der Waals surface area contributed by atoms with Crippen molar-refractivity contribution in [3.05, 3.63) is 23.4 Å². The van der Waals surface area contributed by atoms with Crippen LogP contribution in [0.4, 0.5) is 0 Å². The Morgan fingerprint density at radius 1 is 1.71 bits per heavy atom. The Morgan fingerprint density at radius 2 is 2.43 bits per heavy atom. The lowest BCUT2D eigenvalue weighted by Crippen LogP contribution is -2.11. The van der Waals surface area contributed by atoms with E-state index in [0.717, 1.165) is 5.03 Å². The normalized spacial score (nSPS) is 12.4. The lowest BCUT2D eigenvalue weighted by molar-refractivity contribution is -0.140. The predicted molar refractivity (Wildman–Crippen MR) is 56.8 cm³/mol. The number of carbonyl (C=O) groups is 1. The van der Waals surface area contributed by atoms with Gasteiger partial charge in [0, 0.05) is 11.9 Å². The van der Waals surface area contributed by atoms with E-state index in [1.165, 1.54) is 11.8 Å². The first-order valence-electron chi connectivity index (χ1n) is 4.06. The van der Waals surface area contributed by atoms with Crippen molar-refractivity contribution in [1.29, 1.82) is 0 Å². The Kier molecular flexibility index (Phi) is 4.22. The van der Waals surface area contributed by atoms with Crippen LogP contribution in [0, 0.1) is 5.92 Å². The molecule has 0 aliphatic carbocycles. The summed E-state index contributed by atoms with van der Waals surface area (Å²) in [6, 6.07) is 3.52. The first kappa shape index (κ1) is 11.3. The number of aromatic nitrogens is 1. The maximum atomic E-state index is 10.5. The largest absolute Gasteiger partial charge is 0.481 e. The highest BCUT2D eigenvalue weighted by Crippen LogP contribution is 2.19. The molecule has 0 saturated heterocycles. The van der Waals surface area contributed by atoms with E-state index in [1.807, 2.05) is 0 Å². The van der Waals surface area contributed by atoms with Gasteiger partial charge in [-0.25, -0.2) is 4.98 Å². The molecule has 1 aromatic heterocycles. The zero-order valence-electron chi connectivity index (χ0n) is 7.61. The van der Waals surface area contributed by atoms with Gasteiger partial charge in [-0.3, -0.25) is 4.79 Å². The molecule has 0 spiro atoms. The summed E-state index contributed by atoms with van der Waals surface area (Å²) in [5.74, 6) is -0.631. The van der Waals surface area contributed by atoms with Crippen molar-refractivity contribution in [2.75, 3.05) is 5.75 Å². The topological polar surface area (TPSA) is 50.2 Å². The van der Waals surface area contributed by atoms with Crippen molar-refractivity contribution in [3.8, 4) is 0 Å². The Hall–Kier alpha value is -0.740. The minimum atomic E-state index is -0.786. The van der Waals surface area contributed by atoms with E-state index in [2.05, 4.69) is 4.98 Å². The van der Waals surface area contributed by atoms with Gasteiger partial charge in [-0.1, -0.05) is 18.5 Å². The van der Waals surface area contributed by atoms with Gasteiger partial charge in [-0.05, 0) is 12.1 Å². The molecule has 0 aliphatic heterocycles. The molecule has 1 rings (SSSR count). The molecule has 0 aliphatic rings. The fourth-order valence-electron chi connectivity index (χ4n) is 0.729. The minimum absolute atomic E-state index is 0.363. The maximum absolute atomic E-state index is 10.5. The lowest BCUT2D eigenvalue weighted by Gasteiger charge is -2.04. The highest BCUT2D eigenvalue weighted by atomic mass is 35.5. The van der Waals surface area contributed by atoms with Gasteiger partial charge in [-0.2, -0.15) is 0 Å². The molecule has 0 radical (unpaired) electrons. The number of halogens is 1. The average Bonchev–Trinajstić information content (AvgIpc) is 2.16. The molecule has 1 heterocycles. The zero-order chi connectivity index (χ0) is 10.6. The number of hydrogen-bond donors (Lipinski definition) is 1. The first-order chi connectivity index (χ1) is 6.59. The summed E-state index contributed by atoms with van der Waals surface area (Å²) < 4.78 is 0. The molecule has 0 bridgehead atoms. The van der Waals surface area contributed by atoms with Gasteiger partial charge in [0.1, 0.15) is 0 Å². The molecule has 1 N–H and O–H groups in total. The third-order valence-electron chi connectivity index (χ3n) is 1.60. The van der Waals surface area contributed by atoms with Crippen molar-refractivity contribution in [2.24, 2.45) is 5.92 Å². The van der Waals surface area contributed by atoms with Crippen molar-refractivity contribution in [2.45, 2.75) is 11.9 Å². The fraction of sp³-hybridized carbons (Fsp3) is 0.333. The molecule has 1 aromatic rings. The molecular weight excluding hydrogens is 222 g/mol. The SMILES string of the molecule is CC(CSc1ccc(Cl)cn1)C(=O)O. The van der Waals surface area contributed by atoms with E-state index in [1.54, 1.807) is 25.3 Å². The number of pyridine rings is 1. The molecule has 0 amide bonds. The van der Waals surface area contributed by atoms with Crippen LogP contribution < -0.4 is 0 Å². The van der Waals surface area contributed by atoms with Crippen molar-refractivity contribution in [1.82, 2.24) is 4.98 Å². The number of carboxylic acids is 1. The van der Waals surface area contributed by atoms with Crippen LogP contribution in [0.25, 0.3) is 0 Å². The van der Waals surface area contributed by atoms with Crippen molar-refractivity contribution in [3.63, 3.8) is 0 Å². The van der Waals surface area contributed by atoms with E-state index < -0.39 is 5.97 Å². The molecule has 1 atom stereocenters. The Labute approximate surface area is 91.5 Å². The Bertz CT molecular complexity index is 315. The van der Waals surface area contributed by atoms with Crippen LogP contribution in [0.5, 0.6) is 0 Å². The van der Waals surface area contributed by atoms with Crippen LogP contribution in [0.2, 0.25) is 5.02 Å². The number of thioether (sulfide) groups is 1. The summed E-state index contributed by atoms with van der Waals surface area (Å²) in [6.07, 6.45) is 1.55. The number of nitrogens with zero attached hydrogens (tertiary/aromatic N) is 1. The van der Waals surface area contributed by atoms with Crippen LogP contribution in [0.3, 0.4) is 0 Å². The zero-order valence-corrected chi connectivity index (χ0v) is 9.18. The summed E-state index contributed by atoms with van der Waals surface area (Å²) in [7, 11) is 0. The van der Waals surface area contributed by atoms with Gasteiger partial charge >= 0.3 is 5.97 Å². The minimum Gasteiger partial charge on any atom is -0.481 e. The van der Waals surface area contributed by atoms with Crippen LogP contribution in [0.15, 0.2) is 23.4 Å². The summed E-state index contributed by atoms with van der Waals surface area (Å²) in [5.41, 5.74) is 0. The first-order valence-corrected chi connectivity index (χ1v) is 5.43. The lowest BCUT2D eigenvalue weighted by atomic mass is 10.2. The number of carboxylic acid groups (broad SMARTS) is 1. The van der Waals surface area contributed by atoms with E-state index in [9.17, 15) is 4.79 Å². The molecule has 1 unspecified atom stereocenters. The van der Waals surface area contributed by atoms with Gasteiger partial charge in [0.2, 0.25) is 0 Å². The van der Waals surface area contributed by atoms with Crippen molar-refractivity contribution >= 4 is 29.3 Å².